The van der Waals surface area contributed by atoms with Crippen LogP contribution < -0.4 is 5.73 Å². The van der Waals surface area contributed by atoms with E-state index in [-0.39, 0.29) is 0 Å². The molecule has 0 saturated carbocycles. The Balaban J connectivity index is 2.22. The van der Waals surface area contributed by atoms with Gasteiger partial charge >= 0.3 is 0 Å². The van der Waals surface area contributed by atoms with E-state index in [0.29, 0.717) is 6.54 Å². The van der Waals surface area contributed by atoms with E-state index in [9.17, 15) is 0 Å². The first-order chi connectivity index (χ1) is 8.10. The van der Waals surface area contributed by atoms with E-state index in [0.717, 1.165) is 17.1 Å². The first-order valence-corrected chi connectivity index (χ1v) is 6.63. The molecule has 1 aromatic heterocycles. The number of hydrogen-bond acceptors (Lipinski definition) is 3. The summed E-state index contributed by atoms with van der Waals surface area (Å²) in [5.41, 5.74) is 10.8. The number of aromatic nitrogens is 1. The minimum atomic E-state index is 0.594. The van der Waals surface area contributed by atoms with Gasteiger partial charge in [0.15, 0.2) is 0 Å². The third kappa shape index (κ3) is 2.73. The lowest BCUT2D eigenvalue weighted by atomic mass is 10.0. The summed E-state index contributed by atoms with van der Waals surface area (Å²) in [4.78, 5) is 5.77. The van der Waals surface area contributed by atoms with Crippen LogP contribution in [0.1, 0.15) is 32.3 Å². The Hall–Kier alpha value is -1.19. The molecule has 0 unspecified atom stereocenters. The first-order valence-electron chi connectivity index (χ1n) is 5.81. The van der Waals surface area contributed by atoms with Gasteiger partial charge in [0.2, 0.25) is 0 Å². The molecule has 0 aliphatic heterocycles. The smallest absolute Gasteiger partial charge is 0.0975 e. The van der Waals surface area contributed by atoms with Crippen LogP contribution in [0.4, 0.5) is 0 Å². The molecule has 2 rings (SSSR count). The number of thiazole rings is 1. The van der Waals surface area contributed by atoms with Gasteiger partial charge < -0.3 is 5.73 Å². The highest BCUT2D eigenvalue weighted by Gasteiger charge is 2.07. The van der Waals surface area contributed by atoms with Crippen molar-refractivity contribution in [2.45, 2.75) is 33.7 Å². The van der Waals surface area contributed by atoms with Crippen LogP contribution in [0, 0.1) is 20.8 Å². The van der Waals surface area contributed by atoms with E-state index in [1.54, 1.807) is 11.3 Å². The normalized spacial score (nSPS) is 10.8. The Bertz CT molecular complexity index is 529. The molecule has 0 spiro atoms. The summed E-state index contributed by atoms with van der Waals surface area (Å²) < 4.78 is 0. The molecule has 1 aromatic carbocycles. The zero-order valence-corrected chi connectivity index (χ0v) is 11.4. The van der Waals surface area contributed by atoms with Crippen LogP contribution in [0.25, 0.3) is 0 Å². The summed E-state index contributed by atoms with van der Waals surface area (Å²) >= 11 is 1.73. The number of aryl methyl sites for hydroxylation is 3. The topological polar surface area (TPSA) is 38.9 Å². The van der Waals surface area contributed by atoms with Gasteiger partial charge in [-0.05, 0) is 37.5 Å². The molecule has 2 N–H and O–H groups in total. The Kier molecular flexibility index (Phi) is 3.60. The molecule has 0 amide bonds. The molecule has 0 saturated heterocycles. The monoisotopic (exact) mass is 246 g/mol. The van der Waals surface area contributed by atoms with E-state index < -0.39 is 0 Å². The SMILES string of the molecule is Cc1ccc(Cc2nc(C)c(CN)s2)cc1C. The molecule has 3 heteroatoms. The maximum atomic E-state index is 5.67. The summed E-state index contributed by atoms with van der Waals surface area (Å²) in [6, 6.07) is 6.60. The predicted octanol–water partition coefficient (Wildman–Crippen LogP) is 3.12. The number of nitrogens with two attached hydrogens (primary N) is 1. The second-order valence-corrected chi connectivity index (χ2v) is 5.58. The molecule has 0 aliphatic rings. The third-order valence-corrected chi connectivity index (χ3v) is 4.23. The quantitative estimate of drug-likeness (QED) is 0.903. The van der Waals surface area contributed by atoms with Crippen LogP contribution in [-0.2, 0) is 13.0 Å². The van der Waals surface area contributed by atoms with Gasteiger partial charge in [-0.15, -0.1) is 11.3 Å². The molecule has 0 aliphatic carbocycles. The van der Waals surface area contributed by atoms with Gasteiger partial charge in [0, 0.05) is 17.8 Å². The van der Waals surface area contributed by atoms with E-state index in [1.165, 1.54) is 21.6 Å². The summed E-state index contributed by atoms with van der Waals surface area (Å²) in [7, 11) is 0. The largest absolute Gasteiger partial charge is 0.326 e. The minimum absolute atomic E-state index is 0.594. The predicted molar refractivity (Wildman–Crippen MR) is 73.5 cm³/mol. The molecular weight excluding hydrogens is 228 g/mol. The maximum Gasteiger partial charge on any atom is 0.0975 e. The van der Waals surface area contributed by atoms with E-state index >= 15 is 0 Å². The Morgan fingerprint density at radius 3 is 2.53 bits per heavy atom. The van der Waals surface area contributed by atoms with Gasteiger partial charge in [-0.25, -0.2) is 4.98 Å². The van der Waals surface area contributed by atoms with Crippen molar-refractivity contribution in [1.82, 2.24) is 4.98 Å². The van der Waals surface area contributed by atoms with Crippen molar-refractivity contribution in [2.24, 2.45) is 5.73 Å². The van der Waals surface area contributed by atoms with Crippen molar-refractivity contribution in [3.05, 3.63) is 50.5 Å². The highest BCUT2D eigenvalue weighted by Crippen LogP contribution is 2.21. The summed E-state index contributed by atoms with van der Waals surface area (Å²) in [5, 5.41) is 1.16. The number of benzene rings is 1. The molecule has 0 bridgehead atoms. The number of hydrogen-bond donors (Lipinski definition) is 1. The molecule has 90 valence electrons. The van der Waals surface area contributed by atoms with Crippen molar-refractivity contribution >= 4 is 11.3 Å². The fourth-order valence-corrected chi connectivity index (χ4v) is 2.82. The molecule has 0 radical (unpaired) electrons. The van der Waals surface area contributed by atoms with Gasteiger partial charge in [-0.1, -0.05) is 18.2 Å². The van der Waals surface area contributed by atoms with Gasteiger partial charge in [-0.2, -0.15) is 0 Å². The number of nitrogens with zero attached hydrogens (tertiary/aromatic N) is 1. The molecule has 1 heterocycles. The zero-order valence-electron chi connectivity index (χ0n) is 10.6. The standard InChI is InChI=1S/C14H18N2S/c1-9-4-5-12(6-10(9)2)7-14-16-11(3)13(8-15)17-14/h4-6H,7-8,15H2,1-3H3. The summed E-state index contributed by atoms with van der Waals surface area (Å²) in [5.74, 6) is 0. The fraction of sp³-hybridized carbons (Fsp3) is 0.357. The minimum Gasteiger partial charge on any atom is -0.326 e. The lowest BCUT2D eigenvalue weighted by molar-refractivity contribution is 1.04. The molecule has 2 nitrogen and oxygen atoms in total. The van der Waals surface area contributed by atoms with Crippen LogP contribution in [0.3, 0.4) is 0 Å². The lowest BCUT2D eigenvalue weighted by Gasteiger charge is -2.03. The highest BCUT2D eigenvalue weighted by molar-refractivity contribution is 7.11. The Morgan fingerprint density at radius 2 is 1.94 bits per heavy atom. The van der Waals surface area contributed by atoms with Gasteiger partial charge in [0.05, 0.1) is 10.7 Å². The Labute approximate surface area is 107 Å². The summed E-state index contributed by atoms with van der Waals surface area (Å²) in [6.07, 6.45) is 0.909. The number of rotatable bonds is 3. The van der Waals surface area contributed by atoms with Crippen LogP contribution in [0.2, 0.25) is 0 Å². The average Bonchev–Trinajstić information content (AvgIpc) is 2.64. The lowest BCUT2D eigenvalue weighted by Crippen LogP contribution is -1.94. The maximum absolute atomic E-state index is 5.67. The van der Waals surface area contributed by atoms with Crippen molar-refractivity contribution in [1.29, 1.82) is 0 Å². The average molecular weight is 246 g/mol. The molecule has 0 fully saturated rings. The van der Waals surface area contributed by atoms with Crippen molar-refractivity contribution in [2.75, 3.05) is 0 Å². The molecular formula is C14H18N2S. The van der Waals surface area contributed by atoms with Gasteiger partial charge in [-0.3, -0.25) is 0 Å². The van der Waals surface area contributed by atoms with Crippen LogP contribution in [-0.4, -0.2) is 4.98 Å². The van der Waals surface area contributed by atoms with E-state index in [4.69, 9.17) is 5.73 Å². The third-order valence-electron chi connectivity index (χ3n) is 3.05. The van der Waals surface area contributed by atoms with Crippen LogP contribution in [0.15, 0.2) is 18.2 Å². The van der Waals surface area contributed by atoms with Crippen LogP contribution >= 0.6 is 11.3 Å². The molecule has 17 heavy (non-hydrogen) atoms. The van der Waals surface area contributed by atoms with Crippen LogP contribution in [0.5, 0.6) is 0 Å². The fourth-order valence-electron chi connectivity index (χ4n) is 1.84. The van der Waals surface area contributed by atoms with Gasteiger partial charge in [0.25, 0.3) is 0 Å². The molecule has 2 aromatic rings. The van der Waals surface area contributed by atoms with Crippen molar-refractivity contribution in [3.63, 3.8) is 0 Å². The van der Waals surface area contributed by atoms with E-state index in [1.807, 2.05) is 6.92 Å². The first kappa shape index (κ1) is 12.3. The van der Waals surface area contributed by atoms with E-state index in [2.05, 4.69) is 37.0 Å². The van der Waals surface area contributed by atoms with Crippen molar-refractivity contribution in [3.8, 4) is 0 Å². The highest BCUT2D eigenvalue weighted by atomic mass is 32.1. The zero-order chi connectivity index (χ0) is 12.4. The second kappa shape index (κ2) is 4.98. The van der Waals surface area contributed by atoms with Crippen molar-refractivity contribution < 1.29 is 0 Å². The molecule has 0 atom stereocenters. The summed E-state index contributed by atoms with van der Waals surface area (Å²) in [6.45, 7) is 6.91. The van der Waals surface area contributed by atoms with Gasteiger partial charge in [0.1, 0.15) is 0 Å². The second-order valence-electron chi connectivity index (χ2n) is 4.42. The Morgan fingerprint density at radius 1 is 1.18 bits per heavy atom.